The van der Waals surface area contributed by atoms with Gasteiger partial charge in [0, 0.05) is 17.9 Å². The molecule has 0 bridgehead atoms. The van der Waals surface area contributed by atoms with Crippen LogP contribution in [0.25, 0.3) is 21.8 Å². The predicted molar refractivity (Wildman–Crippen MR) is 108 cm³/mol. The van der Waals surface area contributed by atoms with Gasteiger partial charge in [0.25, 0.3) is 0 Å². The Kier molecular flexibility index (Phi) is 4.91. The van der Waals surface area contributed by atoms with E-state index in [0.717, 1.165) is 27.7 Å². The van der Waals surface area contributed by atoms with Gasteiger partial charge < -0.3 is 4.57 Å². The van der Waals surface area contributed by atoms with Crippen molar-refractivity contribution >= 4 is 17.4 Å². The van der Waals surface area contributed by atoms with Crippen LogP contribution < -0.4 is 0 Å². The first-order chi connectivity index (χ1) is 13.6. The van der Waals surface area contributed by atoms with E-state index < -0.39 is 0 Å². The highest BCUT2D eigenvalue weighted by atomic mass is 32.2. The third kappa shape index (κ3) is 3.66. The molecule has 2 aromatic heterocycles. The van der Waals surface area contributed by atoms with Gasteiger partial charge >= 0.3 is 0 Å². The molecule has 0 radical (unpaired) electrons. The molecule has 2 aromatic carbocycles. The van der Waals surface area contributed by atoms with Crippen LogP contribution in [-0.4, -0.2) is 29.8 Å². The Balaban J connectivity index is 1.57. The van der Waals surface area contributed by atoms with Crippen LogP contribution >= 0.6 is 11.8 Å². The van der Waals surface area contributed by atoms with Crippen molar-refractivity contribution in [3.63, 3.8) is 0 Å². The molecule has 7 nitrogen and oxygen atoms in total. The van der Waals surface area contributed by atoms with E-state index in [1.807, 2.05) is 35.9 Å². The summed E-state index contributed by atoms with van der Waals surface area (Å²) in [7, 11) is 1.94. The number of aromatic nitrogens is 6. The summed E-state index contributed by atoms with van der Waals surface area (Å²) in [5.41, 5.74) is 4.36. The van der Waals surface area contributed by atoms with Crippen molar-refractivity contribution in [1.82, 2.24) is 29.8 Å². The smallest absolute Gasteiger partial charge is 0.191 e. The molecule has 0 aliphatic heterocycles. The van der Waals surface area contributed by atoms with Crippen LogP contribution in [0.3, 0.4) is 0 Å². The molecule has 0 amide bonds. The summed E-state index contributed by atoms with van der Waals surface area (Å²) in [5, 5.41) is 18.1. The minimum Gasteiger partial charge on any atom is -0.312 e. The Labute approximate surface area is 166 Å². The molecule has 0 saturated heterocycles. The fourth-order valence-electron chi connectivity index (χ4n) is 2.73. The summed E-state index contributed by atoms with van der Waals surface area (Å²) in [6.45, 7) is 9.18. The summed E-state index contributed by atoms with van der Waals surface area (Å²) < 4.78 is 1.91. The molecular weight excluding hydrogens is 370 g/mol. The lowest BCUT2D eigenvalue weighted by atomic mass is 10.1. The second-order valence-corrected chi connectivity index (χ2v) is 7.57. The van der Waals surface area contributed by atoms with Gasteiger partial charge in [-0.25, -0.2) is 4.85 Å². The fourth-order valence-corrected chi connectivity index (χ4v) is 3.64. The van der Waals surface area contributed by atoms with Gasteiger partial charge in [-0.05, 0) is 24.6 Å². The summed E-state index contributed by atoms with van der Waals surface area (Å²) >= 11 is 1.65. The van der Waals surface area contributed by atoms with E-state index in [2.05, 4.69) is 44.3 Å². The Bertz CT molecular complexity index is 1140. The lowest BCUT2D eigenvalue weighted by Crippen LogP contribution is -2.01. The highest BCUT2D eigenvalue weighted by Gasteiger charge is 2.13. The van der Waals surface area contributed by atoms with Gasteiger partial charge in [0.05, 0.1) is 18.5 Å². The molecule has 0 aliphatic rings. The van der Waals surface area contributed by atoms with Gasteiger partial charge in [-0.15, -0.1) is 15.3 Å². The van der Waals surface area contributed by atoms with Gasteiger partial charge in [-0.1, -0.05) is 48.2 Å². The first kappa shape index (κ1) is 17.9. The zero-order valence-electron chi connectivity index (χ0n) is 15.4. The Morgan fingerprint density at radius 1 is 1.14 bits per heavy atom. The topological polar surface area (TPSA) is 65.8 Å². The van der Waals surface area contributed by atoms with E-state index in [4.69, 9.17) is 6.57 Å². The highest BCUT2D eigenvalue weighted by molar-refractivity contribution is 7.99. The molecule has 2 heterocycles. The van der Waals surface area contributed by atoms with Gasteiger partial charge in [-0.2, -0.15) is 9.90 Å². The number of benzene rings is 2. The van der Waals surface area contributed by atoms with Crippen molar-refractivity contribution < 1.29 is 0 Å². The molecule has 0 saturated carbocycles. The second-order valence-electron chi connectivity index (χ2n) is 6.26. The monoisotopic (exact) mass is 387 g/mol. The molecule has 0 aliphatic carbocycles. The van der Waals surface area contributed by atoms with Crippen LogP contribution in [0.5, 0.6) is 0 Å². The number of hydrogen-bond acceptors (Lipinski definition) is 5. The zero-order chi connectivity index (χ0) is 19.5. The second kappa shape index (κ2) is 7.66. The van der Waals surface area contributed by atoms with Crippen molar-refractivity contribution in [3.8, 4) is 16.9 Å². The highest BCUT2D eigenvalue weighted by Crippen LogP contribution is 2.33. The lowest BCUT2D eigenvalue weighted by Gasteiger charge is -2.12. The van der Waals surface area contributed by atoms with Crippen LogP contribution in [0.4, 0.5) is 5.69 Å². The largest absolute Gasteiger partial charge is 0.312 e. The molecule has 1 atom stereocenters. The van der Waals surface area contributed by atoms with E-state index in [-0.39, 0.29) is 5.25 Å². The molecule has 0 fully saturated rings. The zero-order valence-corrected chi connectivity index (χ0v) is 16.2. The van der Waals surface area contributed by atoms with Gasteiger partial charge in [0.1, 0.15) is 12.0 Å². The molecule has 4 aromatic rings. The van der Waals surface area contributed by atoms with Crippen molar-refractivity contribution in [2.75, 3.05) is 0 Å². The molecule has 4 rings (SSSR count). The Hall–Kier alpha value is -3.44. The quantitative estimate of drug-likeness (QED) is 0.373. The van der Waals surface area contributed by atoms with E-state index in [0.29, 0.717) is 5.69 Å². The maximum absolute atomic E-state index is 7.05. The van der Waals surface area contributed by atoms with E-state index in [9.17, 15) is 0 Å². The molecule has 138 valence electrons. The van der Waals surface area contributed by atoms with Gasteiger partial charge in [0.15, 0.2) is 10.8 Å². The van der Waals surface area contributed by atoms with Crippen LogP contribution in [0.1, 0.15) is 17.7 Å². The summed E-state index contributed by atoms with van der Waals surface area (Å²) in [4.78, 5) is 5.04. The third-order valence-electron chi connectivity index (χ3n) is 4.31. The minimum absolute atomic E-state index is 0.207. The molecule has 8 heteroatoms. The van der Waals surface area contributed by atoms with Crippen LogP contribution in [0, 0.1) is 6.57 Å². The number of thioether (sulfide) groups is 1. The number of rotatable bonds is 5. The first-order valence-electron chi connectivity index (χ1n) is 8.65. The average Bonchev–Trinajstić information content (AvgIpc) is 3.38. The summed E-state index contributed by atoms with van der Waals surface area (Å²) in [6, 6.07) is 15.5. The van der Waals surface area contributed by atoms with Crippen LogP contribution in [0.2, 0.25) is 0 Å². The SMILES string of the molecule is [C-]#[N+]c1ccc(-c2cnn(-c3cccc([C@H](C)Sc4nncn4C)c3)n2)cc1. The van der Waals surface area contributed by atoms with Crippen molar-refractivity contribution in [2.45, 2.75) is 17.3 Å². The van der Waals surface area contributed by atoms with Crippen LogP contribution in [0.15, 0.2) is 66.2 Å². The maximum Gasteiger partial charge on any atom is 0.191 e. The van der Waals surface area contributed by atoms with Crippen molar-refractivity contribution in [2.24, 2.45) is 7.05 Å². The third-order valence-corrected chi connectivity index (χ3v) is 5.51. The van der Waals surface area contributed by atoms with Gasteiger partial charge in [0.2, 0.25) is 0 Å². The van der Waals surface area contributed by atoms with Crippen molar-refractivity contribution in [3.05, 3.63) is 78.0 Å². The predicted octanol–water partition coefficient (Wildman–Crippen LogP) is 4.47. The molecular formula is C20H17N7S. The fraction of sp³-hybridized carbons (Fsp3) is 0.150. The molecule has 0 N–H and O–H groups in total. The number of hydrogen-bond donors (Lipinski definition) is 0. The Morgan fingerprint density at radius 2 is 1.96 bits per heavy atom. The normalized spacial score (nSPS) is 11.9. The van der Waals surface area contributed by atoms with E-state index in [1.165, 1.54) is 0 Å². The molecule has 0 spiro atoms. The lowest BCUT2D eigenvalue weighted by molar-refractivity contribution is 0.752. The van der Waals surface area contributed by atoms with Crippen molar-refractivity contribution in [1.29, 1.82) is 0 Å². The standard InChI is InChI=1S/C20H17N7S/c1-14(28-20-24-22-13-26(20)3)16-5-4-6-18(11-16)27-23-12-19(25-27)15-7-9-17(21-2)10-8-15/h4-14H,1,3H3/t14-/m0/s1. The Morgan fingerprint density at radius 3 is 2.68 bits per heavy atom. The number of nitrogens with zero attached hydrogens (tertiary/aromatic N) is 7. The van der Waals surface area contributed by atoms with E-state index in [1.54, 1.807) is 41.2 Å². The first-order valence-corrected chi connectivity index (χ1v) is 9.53. The number of aryl methyl sites for hydroxylation is 1. The van der Waals surface area contributed by atoms with E-state index >= 15 is 0 Å². The minimum atomic E-state index is 0.207. The summed E-state index contributed by atoms with van der Waals surface area (Å²) in [6.07, 6.45) is 3.43. The average molecular weight is 387 g/mol. The molecule has 28 heavy (non-hydrogen) atoms. The van der Waals surface area contributed by atoms with Crippen LogP contribution in [-0.2, 0) is 7.05 Å². The maximum atomic E-state index is 7.05. The molecule has 0 unspecified atom stereocenters. The summed E-state index contributed by atoms with van der Waals surface area (Å²) in [5.74, 6) is 0. The van der Waals surface area contributed by atoms with Gasteiger partial charge in [-0.3, -0.25) is 0 Å².